The number of aryl methyl sites for hydroxylation is 2. The van der Waals surface area contributed by atoms with Gasteiger partial charge in [-0.3, -0.25) is 9.71 Å². The molecule has 2 N–H and O–H groups in total. The number of nitrogens with one attached hydrogen (secondary N) is 1. The molecule has 2 rings (SSSR count). The lowest BCUT2D eigenvalue weighted by Gasteiger charge is -2.12. The van der Waals surface area contributed by atoms with Crippen molar-refractivity contribution < 1.29 is 13.5 Å². The molecule has 0 saturated heterocycles. The molecule has 2 aromatic rings. The molecule has 1 heterocycles. The highest BCUT2D eigenvalue weighted by atomic mass is 79.9. The molecule has 0 bridgehead atoms. The first-order valence-corrected chi connectivity index (χ1v) is 8.46. The van der Waals surface area contributed by atoms with Crippen molar-refractivity contribution in [2.45, 2.75) is 25.3 Å². The van der Waals surface area contributed by atoms with Crippen molar-refractivity contribution >= 4 is 31.6 Å². The molecule has 21 heavy (non-hydrogen) atoms. The van der Waals surface area contributed by atoms with Gasteiger partial charge in [0.1, 0.15) is 4.90 Å². The zero-order valence-corrected chi connectivity index (χ0v) is 14.0. The molecular weight excluding hydrogens is 356 g/mol. The van der Waals surface area contributed by atoms with Crippen LogP contribution in [0.2, 0.25) is 0 Å². The fourth-order valence-corrected chi connectivity index (χ4v) is 3.95. The van der Waals surface area contributed by atoms with E-state index < -0.39 is 10.0 Å². The van der Waals surface area contributed by atoms with Gasteiger partial charge in [-0.2, -0.15) is 0 Å². The van der Waals surface area contributed by atoms with Crippen LogP contribution in [0.4, 0.5) is 5.69 Å². The number of sulfonamides is 1. The summed E-state index contributed by atoms with van der Waals surface area (Å²) in [7, 11) is -3.76. The van der Waals surface area contributed by atoms with Crippen LogP contribution in [0.3, 0.4) is 0 Å². The van der Waals surface area contributed by atoms with Crippen molar-refractivity contribution in [2.24, 2.45) is 0 Å². The predicted molar refractivity (Wildman–Crippen MR) is 84.6 cm³/mol. The van der Waals surface area contributed by atoms with Gasteiger partial charge in [0.25, 0.3) is 10.0 Å². The van der Waals surface area contributed by atoms with Gasteiger partial charge in [0, 0.05) is 10.2 Å². The number of hydrogen-bond donors (Lipinski definition) is 2. The average molecular weight is 371 g/mol. The van der Waals surface area contributed by atoms with Crippen molar-refractivity contribution in [3.63, 3.8) is 0 Å². The van der Waals surface area contributed by atoms with Crippen LogP contribution < -0.4 is 4.72 Å². The Kier molecular flexibility index (Phi) is 4.65. The van der Waals surface area contributed by atoms with E-state index in [1.165, 1.54) is 12.3 Å². The number of rotatable bonds is 4. The molecule has 0 aliphatic rings. The summed E-state index contributed by atoms with van der Waals surface area (Å²) in [5.41, 5.74) is 2.47. The monoisotopic (exact) mass is 370 g/mol. The Bertz CT molecular complexity index is 759. The topological polar surface area (TPSA) is 79.3 Å². The van der Waals surface area contributed by atoms with E-state index >= 15 is 0 Å². The minimum absolute atomic E-state index is 0.0899. The van der Waals surface area contributed by atoms with Gasteiger partial charge in [-0.15, -0.1) is 0 Å². The summed E-state index contributed by atoms with van der Waals surface area (Å²) in [5.74, 6) is 0. The Balaban J connectivity index is 2.44. The Hall–Kier alpha value is -1.44. The molecular formula is C14H15BrN2O3S. The summed E-state index contributed by atoms with van der Waals surface area (Å²) in [4.78, 5) is 4.14. The largest absolute Gasteiger partial charge is 0.392 e. The van der Waals surface area contributed by atoms with E-state index in [2.05, 4.69) is 25.6 Å². The van der Waals surface area contributed by atoms with Crippen molar-refractivity contribution in [1.82, 2.24) is 4.98 Å². The number of hydrogen-bond acceptors (Lipinski definition) is 4. The molecule has 5 nitrogen and oxygen atoms in total. The number of pyridine rings is 1. The number of nitrogens with zero attached hydrogens (tertiary/aromatic N) is 1. The van der Waals surface area contributed by atoms with Gasteiger partial charge in [0.05, 0.1) is 18.5 Å². The van der Waals surface area contributed by atoms with Crippen LogP contribution in [0, 0.1) is 13.8 Å². The third-order valence-corrected chi connectivity index (χ3v) is 5.64. The van der Waals surface area contributed by atoms with Crippen LogP contribution in [0.5, 0.6) is 0 Å². The van der Waals surface area contributed by atoms with E-state index in [-0.39, 0.29) is 11.5 Å². The number of benzene rings is 1. The summed E-state index contributed by atoms with van der Waals surface area (Å²) in [6, 6.07) is 6.55. The molecule has 0 unspecified atom stereocenters. The normalized spacial score (nSPS) is 11.4. The number of halogens is 1. The van der Waals surface area contributed by atoms with Gasteiger partial charge in [-0.25, -0.2) is 8.42 Å². The van der Waals surface area contributed by atoms with Gasteiger partial charge in [0.2, 0.25) is 0 Å². The maximum absolute atomic E-state index is 12.5. The van der Waals surface area contributed by atoms with Gasteiger partial charge >= 0.3 is 0 Å². The molecule has 7 heteroatoms. The third-order valence-electron chi connectivity index (χ3n) is 2.92. The fraction of sp³-hybridized carbons (Fsp3) is 0.214. The van der Waals surface area contributed by atoms with Crippen LogP contribution in [-0.2, 0) is 16.6 Å². The van der Waals surface area contributed by atoms with Crippen molar-refractivity contribution in [3.05, 3.63) is 51.8 Å². The summed E-state index contributed by atoms with van der Waals surface area (Å²) in [6.45, 7) is 3.38. The average Bonchev–Trinajstić information content (AvgIpc) is 2.43. The van der Waals surface area contributed by atoms with E-state index in [1.807, 2.05) is 6.92 Å². The van der Waals surface area contributed by atoms with Crippen LogP contribution >= 0.6 is 15.9 Å². The maximum Gasteiger partial charge on any atom is 0.263 e. The molecule has 0 atom stereocenters. The Labute approximate surface area is 132 Å². The minimum Gasteiger partial charge on any atom is -0.392 e. The quantitative estimate of drug-likeness (QED) is 0.866. The lowest BCUT2D eigenvalue weighted by molar-refractivity contribution is 0.281. The number of aliphatic hydroxyl groups is 1. The zero-order chi connectivity index (χ0) is 15.6. The summed E-state index contributed by atoms with van der Waals surface area (Å²) in [6.07, 6.45) is 1.46. The maximum atomic E-state index is 12.5. The molecule has 0 amide bonds. The molecule has 112 valence electrons. The Morgan fingerprint density at radius 1 is 1.29 bits per heavy atom. The second-order valence-electron chi connectivity index (χ2n) is 4.68. The zero-order valence-electron chi connectivity index (χ0n) is 11.6. The van der Waals surface area contributed by atoms with Crippen molar-refractivity contribution in [3.8, 4) is 0 Å². The van der Waals surface area contributed by atoms with E-state index in [9.17, 15) is 13.5 Å². The van der Waals surface area contributed by atoms with Gasteiger partial charge in [-0.1, -0.05) is 6.07 Å². The van der Waals surface area contributed by atoms with Crippen LogP contribution in [0.25, 0.3) is 0 Å². The van der Waals surface area contributed by atoms with E-state index in [0.717, 1.165) is 11.3 Å². The van der Waals surface area contributed by atoms with E-state index in [1.54, 1.807) is 25.1 Å². The van der Waals surface area contributed by atoms with Crippen molar-refractivity contribution in [1.29, 1.82) is 0 Å². The first-order chi connectivity index (χ1) is 9.83. The molecule has 0 fully saturated rings. The molecule has 0 aliphatic carbocycles. The highest BCUT2D eigenvalue weighted by Crippen LogP contribution is 2.28. The highest BCUT2D eigenvalue weighted by molar-refractivity contribution is 9.10. The second-order valence-corrected chi connectivity index (χ2v) is 7.12. The summed E-state index contributed by atoms with van der Waals surface area (Å²) in [5, 5.41) is 9.22. The Morgan fingerprint density at radius 3 is 2.57 bits per heavy atom. The first kappa shape index (κ1) is 15.9. The lowest BCUT2D eigenvalue weighted by atomic mass is 10.1. The molecule has 1 aromatic carbocycles. The SMILES string of the molecule is Cc1ccc(NS(=O)(=O)c2cc(CO)cc(C)c2Br)cn1. The van der Waals surface area contributed by atoms with Crippen LogP contribution in [-0.4, -0.2) is 18.5 Å². The van der Waals surface area contributed by atoms with Crippen LogP contribution in [0.1, 0.15) is 16.8 Å². The van der Waals surface area contributed by atoms with E-state index in [0.29, 0.717) is 15.7 Å². The number of aliphatic hydroxyl groups excluding tert-OH is 1. The predicted octanol–water partition coefficient (Wildman–Crippen LogP) is 2.75. The third kappa shape index (κ3) is 3.61. The first-order valence-electron chi connectivity index (χ1n) is 6.19. The van der Waals surface area contributed by atoms with E-state index in [4.69, 9.17) is 0 Å². The second kappa shape index (κ2) is 6.13. The molecule has 0 aliphatic heterocycles. The molecule has 0 saturated carbocycles. The Morgan fingerprint density at radius 2 is 2.00 bits per heavy atom. The smallest absolute Gasteiger partial charge is 0.263 e. The number of aromatic nitrogens is 1. The molecule has 0 spiro atoms. The van der Waals surface area contributed by atoms with Crippen molar-refractivity contribution in [2.75, 3.05) is 4.72 Å². The fourth-order valence-electron chi connectivity index (χ4n) is 1.83. The van der Waals surface area contributed by atoms with Gasteiger partial charge in [0.15, 0.2) is 0 Å². The lowest BCUT2D eigenvalue weighted by Crippen LogP contribution is -2.14. The van der Waals surface area contributed by atoms with Gasteiger partial charge < -0.3 is 5.11 Å². The minimum atomic E-state index is -3.76. The molecule has 1 aromatic heterocycles. The molecule has 0 radical (unpaired) electrons. The number of anilines is 1. The highest BCUT2D eigenvalue weighted by Gasteiger charge is 2.20. The standard InChI is InChI=1S/C14H15BrN2O3S/c1-9-5-11(8-18)6-13(14(9)15)21(19,20)17-12-4-3-10(2)16-7-12/h3-7,17-18H,8H2,1-2H3. The van der Waals surface area contributed by atoms with Gasteiger partial charge in [-0.05, 0) is 59.1 Å². The van der Waals surface area contributed by atoms with Crippen LogP contribution in [0.15, 0.2) is 39.8 Å². The summed E-state index contributed by atoms with van der Waals surface area (Å²) < 4.78 is 27.9. The summed E-state index contributed by atoms with van der Waals surface area (Å²) >= 11 is 3.29.